The predicted molar refractivity (Wildman–Crippen MR) is 43.6 cm³/mol. The SMILES string of the molecule is C=C(N)[C@@H]1C[C@H](C)CCO1.[HH]. The van der Waals surface area contributed by atoms with E-state index in [4.69, 9.17) is 10.5 Å². The number of ether oxygens (including phenoxy) is 1. The van der Waals surface area contributed by atoms with Crippen molar-refractivity contribution >= 4 is 0 Å². The number of hydrogen-bond acceptors (Lipinski definition) is 2. The van der Waals surface area contributed by atoms with E-state index in [2.05, 4.69) is 13.5 Å². The Hall–Kier alpha value is -0.500. The van der Waals surface area contributed by atoms with E-state index in [0.717, 1.165) is 25.4 Å². The van der Waals surface area contributed by atoms with Crippen molar-refractivity contribution in [2.45, 2.75) is 25.9 Å². The quantitative estimate of drug-likeness (QED) is 0.604. The second-order valence-corrected chi connectivity index (χ2v) is 3.06. The molecule has 1 saturated heterocycles. The van der Waals surface area contributed by atoms with Crippen LogP contribution in [0.2, 0.25) is 0 Å². The highest BCUT2D eigenvalue weighted by Crippen LogP contribution is 2.21. The molecule has 0 radical (unpaired) electrons. The maximum absolute atomic E-state index is 5.51. The highest BCUT2D eigenvalue weighted by Gasteiger charge is 2.19. The fraction of sp³-hybridized carbons (Fsp3) is 0.750. The molecule has 1 aliphatic heterocycles. The molecule has 0 aromatic rings. The summed E-state index contributed by atoms with van der Waals surface area (Å²) >= 11 is 0. The van der Waals surface area contributed by atoms with E-state index in [9.17, 15) is 0 Å². The van der Waals surface area contributed by atoms with Crippen LogP contribution in [0.3, 0.4) is 0 Å². The van der Waals surface area contributed by atoms with Crippen LogP contribution in [0.1, 0.15) is 21.2 Å². The average molecular weight is 143 g/mol. The summed E-state index contributed by atoms with van der Waals surface area (Å²) in [6.45, 7) is 6.72. The summed E-state index contributed by atoms with van der Waals surface area (Å²) in [4.78, 5) is 0. The minimum absolute atomic E-state index is 0. The fourth-order valence-corrected chi connectivity index (χ4v) is 1.22. The third kappa shape index (κ3) is 1.74. The van der Waals surface area contributed by atoms with E-state index >= 15 is 0 Å². The smallest absolute Gasteiger partial charge is 0.0963 e. The summed E-state index contributed by atoms with van der Waals surface area (Å²) in [6.07, 6.45) is 2.31. The monoisotopic (exact) mass is 143 g/mol. The molecule has 60 valence electrons. The maximum atomic E-state index is 5.51. The maximum Gasteiger partial charge on any atom is 0.0963 e. The Morgan fingerprint density at radius 3 is 2.90 bits per heavy atom. The lowest BCUT2D eigenvalue weighted by atomic mass is 9.97. The van der Waals surface area contributed by atoms with Crippen LogP contribution in [-0.4, -0.2) is 12.7 Å². The lowest BCUT2D eigenvalue weighted by Gasteiger charge is -2.26. The molecular weight excluding hydrogens is 126 g/mol. The number of nitrogens with two attached hydrogens (primary N) is 1. The van der Waals surface area contributed by atoms with Crippen LogP contribution in [0.25, 0.3) is 0 Å². The second kappa shape index (κ2) is 3.06. The molecule has 0 unspecified atom stereocenters. The van der Waals surface area contributed by atoms with Crippen molar-refractivity contribution in [3.8, 4) is 0 Å². The highest BCUT2D eigenvalue weighted by molar-refractivity contribution is 4.97. The molecule has 10 heavy (non-hydrogen) atoms. The van der Waals surface area contributed by atoms with E-state index in [1.54, 1.807) is 0 Å². The van der Waals surface area contributed by atoms with Gasteiger partial charge in [-0.2, -0.15) is 0 Å². The first kappa shape index (κ1) is 7.61. The van der Waals surface area contributed by atoms with Gasteiger partial charge in [-0.25, -0.2) is 0 Å². The van der Waals surface area contributed by atoms with Gasteiger partial charge in [0.15, 0.2) is 0 Å². The molecule has 0 aliphatic carbocycles. The molecular formula is C8H17NO. The Balaban J connectivity index is 0.000001000. The van der Waals surface area contributed by atoms with Crippen LogP contribution in [0, 0.1) is 5.92 Å². The summed E-state index contributed by atoms with van der Waals surface area (Å²) in [5.41, 5.74) is 6.18. The molecule has 1 fully saturated rings. The normalized spacial score (nSPS) is 33.7. The van der Waals surface area contributed by atoms with E-state index in [1.165, 1.54) is 0 Å². The van der Waals surface area contributed by atoms with Crippen LogP contribution in [0.5, 0.6) is 0 Å². The van der Waals surface area contributed by atoms with Gasteiger partial charge in [0.2, 0.25) is 0 Å². The summed E-state index contributed by atoms with van der Waals surface area (Å²) in [5.74, 6) is 0.735. The number of rotatable bonds is 1. The van der Waals surface area contributed by atoms with Gasteiger partial charge in [-0.05, 0) is 18.8 Å². The van der Waals surface area contributed by atoms with Gasteiger partial charge in [0.05, 0.1) is 6.10 Å². The lowest BCUT2D eigenvalue weighted by molar-refractivity contribution is 0.0166. The van der Waals surface area contributed by atoms with Gasteiger partial charge in [-0.3, -0.25) is 0 Å². The van der Waals surface area contributed by atoms with Crippen LogP contribution < -0.4 is 5.73 Å². The molecule has 0 amide bonds. The summed E-state index contributed by atoms with van der Waals surface area (Å²) in [7, 11) is 0. The minimum Gasteiger partial charge on any atom is -0.400 e. The van der Waals surface area contributed by atoms with Crippen LogP contribution >= 0.6 is 0 Å². The van der Waals surface area contributed by atoms with Crippen LogP contribution in [0.4, 0.5) is 0 Å². The first-order chi connectivity index (χ1) is 4.70. The molecule has 2 N–H and O–H groups in total. The van der Waals surface area contributed by atoms with E-state index < -0.39 is 0 Å². The van der Waals surface area contributed by atoms with Gasteiger partial charge in [0.1, 0.15) is 0 Å². The van der Waals surface area contributed by atoms with Crippen molar-refractivity contribution in [3.05, 3.63) is 12.3 Å². The second-order valence-electron chi connectivity index (χ2n) is 3.06. The van der Waals surface area contributed by atoms with Gasteiger partial charge in [0.25, 0.3) is 0 Å². The van der Waals surface area contributed by atoms with Crippen molar-refractivity contribution in [1.29, 1.82) is 0 Å². The number of hydrogen-bond donors (Lipinski definition) is 1. The van der Waals surface area contributed by atoms with Gasteiger partial charge in [-0.1, -0.05) is 13.5 Å². The minimum atomic E-state index is 0. The van der Waals surface area contributed by atoms with Crippen molar-refractivity contribution in [1.82, 2.24) is 0 Å². The largest absolute Gasteiger partial charge is 0.400 e. The van der Waals surface area contributed by atoms with Crippen molar-refractivity contribution in [2.24, 2.45) is 11.7 Å². The molecule has 1 aliphatic rings. The predicted octanol–water partition coefficient (Wildman–Crippen LogP) is 1.52. The summed E-state index contributed by atoms with van der Waals surface area (Å²) in [6, 6.07) is 0. The zero-order valence-corrected chi connectivity index (χ0v) is 6.47. The Bertz CT molecular complexity index is 138. The molecule has 0 bridgehead atoms. The zero-order valence-electron chi connectivity index (χ0n) is 6.47. The van der Waals surface area contributed by atoms with Crippen molar-refractivity contribution in [3.63, 3.8) is 0 Å². The first-order valence-electron chi connectivity index (χ1n) is 3.76. The molecule has 2 nitrogen and oxygen atoms in total. The van der Waals surface area contributed by atoms with E-state index in [1.807, 2.05) is 0 Å². The van der Waals surface area contributed by atoms with Crippen LogP contribution in [-0.2, 0) is 4.74 Å². The highest BCUT2D eigenvalue weighted by atomic mass is 16.5. The Morgan fingerprint density at radius 1 is 1.80 bits per heavy atom. The van der Waals surface area contributed by atoms with Gasteiger partial charge in [-0.15, -0.1) is 0 Å². The van der Waals surface area contributed by atoms with E-state index in [-0.39, 0.29) is 7.53 Å². The lowest BCUT2D eigenvalue weighted by Crippen LogP contribution is -2.28. The third-order valence-corrected chi connectivity index (χ3v) is 1.96. The molecule has 0 saturated carbocycles. The van der Waals surface area contributed by atoms with Crippen molar-refractivity contribution in [2.75, 3.05) is 6.61 Å². The van der Waals surface area contributed by atoms with Gasteiger partial charge >= 0.3 is 0 Å². The Labute approximate surface area is 63.5 Å². The molecule has 0 spiro atoms. The van der Waals surface area contributed by atoms with Crippen molar-refractivity contribution < 1.29 is 6.16 Å². The molecule has 1 rings (SSSR count). The molecule has 1 heterocycles. The summed E-state index contributed by atoms with van der Waals surface area (Å²) in [5, 5.41) is 0. The average Bonchev–Trinajstić information content (AvgIpc) is 1.88. The van der Waals surface area contributed by atoms with Gasteiger partial charge < -0.3 is 10.5 Å². The van der Waals surface area contributed by atoms with Crippen LogP contribution in [0.15, 0.2) is 12.3 Å². The first-order valence-corrected chi connectivity index (χ1v) is 3.76. The Morgan fingerprint density at radius 2 is 2.50 bits per heavy atom. The third-order valence-electron chi connectivity index (χ3n) is 1.96. The Kier molecular flexibility index (Phi) is 2.33. The van der Waals surface area contributed by atoms with E-state index in [0.29, 0.717) is 5.70 Å². The molecule has 2 heteroatoms. The zero-order chi connectivity index (χ0) is 7.56. The molecule has 0 aromatic carbocycles. The standard InChI is InChI=1S/C8H15NO.H2/c1-6-3-4-10-8(5-6)7(2)9;/h6,8H,2-5,9H2,1H3;1H/t6-,8+;/m1./s1. The molecule has 0 aromatic heterocycles. The summed E-state index contributed by atoms with van der Waals surface area (Å²) < 4.78 is 5.39. The van der Waals surface area contributed by atoms with Gasteiger partial charge in [0, 0.05) is 13.7 Å². The topological polar surface area (TPSA) is 35.2 Å². The molecule has 2 atom stereocenters. The fourth-order valence-electron chi connectivity index (χ4n) is 1.22.